The first kappa shape index (κ1) is 19.8. The van der Waals surface area contributed by atoms with Crippen LogP contribution in [-0.2, 0) is 4.79 Å². The van der Waals surface area contributed by atoms with Gasteiger partial charge in [-0.15, -0.1) is 0 Å². The van der Waals surface area contributed by atoms with Crippen molar-refractivity contribution < 1.29 is 9.21 Å². The third-order valence-electron chi connectivity index (χ3n) is 5.08. The van der Waals surface area contributed by atoms with Gasteiger partial charge in [0.15, 0.2) is 5.76 Å². The number of hydrogen-bond donors (Lipinski definition) is 1. The zero-order valence-corrected chi connectivity index (χ0v) is 16.9. The second-order valence-electron chi connectivity index (χ2n) is 7.20. The van der Waals surface area contributed by atoms with Crippen LogP contribution in [0, 0.1) is 0 Å². The van der Waals surface area contributed by atoms with Crippen molar-refractivity contribution in [1.82, 2.24) is 24.6 Å². The Kier molecular flexibility index (Phi) is 5.57. The van der Waals surface area contributed by atoms with Crippen LogP contribution >= 0.6 is 0 Å². The summed E-state index contributed by atoms with van der Waals surface area (Å²) in [4.78, 5) is 37.9. The number of furan rings is 1. The second kappa shape index (κ2) is 8.46. The average molecular weight is 409 g/mol. The minimum absolute atomic E-state index is 0.381. The molecule has 4 rings (SSSR count). The van der Waals surface area contributed by atoms with Crippen LogP contribution in [0.15, 0.2) is 52.1 Å². The molecule has 0 spiro atoms. The number of nitrogens with one attached hydrogen (secondary N) is 1. The lowest BCUT2D eigenvalue weighted by Crippen LogP contribution is -2.44. The van der Waals surface area contributed by atoms with Gasteiger partial charge in [-0.25, -0.2) is 14.6 Å². The summed E-state index contributed by atoms with van der Waals surface area (Å²) < 4.78 is 6.46. The molecule has 4 heterocycles. The van der Waals surface area contributed by atoms with Crippen molar-refractivity contribution in [2.45, 2.75) is 13.0 Å². The summed E-state index contributed by atoms with van der Waals surface area (Å²) in [6, 6.07) is 7.30. The van der Waals surface area contributed by atoms with Gasteiger partial charge in [-0.1, -0.05) is 0 Å². The van der Waals surface area contributed by atoms with Crippen LogP contribution in [0.3, 0.4) is 0 Å². The molecule has 1 saturated heterocycles. The van der Waals surface area contributed by atoms with E-state index in [1.165, 1.54) is 18.7 Å². The number of rotatable bonds is 5. The van der Waals surface area contributed by atoms with Gasteiger partial charge in [-0.05, 0) is 32.2 Å². The van der Waals surface area contributed by atoms with E-state index < -0.39 is 11.9 Å². The fourth-order valence-corrected chi connectivity index (χ4v) is 3.22. The Hall–Kier alpha value is -3.53. The van der Waals surface area contributed by atoms with Gasteiger partial charge in [0.2, 0.25) is 5.91 Å². The fourth-order valence-electron chi connectivity index (χ4n) is 3.22. The molecule has 0 saturated carbocycles. The predicted octanol–water partition coefficient (Wildman–Crippen LogP) is 1.24. The topological polar surface area (TPSA) is 109 Å². The lowest BCUT2D eigenvalue weighted by Gasteiger charge is -2.33. The number of anilines is 2. The summed E-state index contributed by atoms with van der Waals surface area (Å²) in [5.74, 6) is 1.26. The van der Waals surface area contributed by atoms with Crippen LogP contribution in [0.4, 0.5) is 11.6 Å². The first-order chi connectivity index (χ1) is 14.5. The molecule has 1 fully saturated rings. The third kappa shape index (κ3) is 4.23. The highest BCUT2D eigenvalue weighted by Crippen LogP contribution is 2.18. The zero-order chi connectivity index (χ0) is 21.1. The van der Waals surface area contributed by atoms with E-state index in [2.05, 4.69) is 37.2 Å². The molecule has 10 heteroatoms. The highest BCUT2D eigenvalue weighted by atomic mass is 16.3. The molecule has 30 heavy (non-hydrogen) atoms. The van der Waals surface area contributed by atoms with Gasteiger partial charge in [-0.2, -0.15) is 5.10 Å². The van der Waals surface area contributed by atoms with Crippen LogP contribution in [0.5, 0.6) is 0 Å². The molecule has 1 aliphatic heterocycles. The van der Waals surface area contributed by atoms with Crippen molar-refractivity contribution in [1.29, 1.82) is 0 Å². The van der Waals surface area contributed by atoms with Gasteiger partial charge in [0, 0.05) is 38.3 Å². The number of likely N-dealkylation sites (N-methyl/N-ethyl adjacent to an activating group) is 1. The molecule has 1 amide bonds. The maximum atomic E-state index is 12.8. The number of carbonyl (C=O) groups excluding carboxylic acids is 1. The van der Waals surface area contributed by atoms with E-state index in [9.17, 15) is 9.59 Å². The number of hydrogen-bond acceptors (Lipinski definition) is 8. The number of nitrogens with zero attached hydrogens (tertiary/aromatic N) is 6. The molecule has 3 aromatic heterocycles. The van der Waals surface area contributed by atoms with Gasteiger partial charge < -0.3 is 19.5 Å². The lowest BCUT2D eigenvalue weighted by atomic mass is 10.3. The van der Waals surface area contributed by atoms with E-state index in [1.54, 1.807) is 31.2 Å². The van der Waals surface area contributed by atoms with E-state index in [0.717, 1.165) is 36.7 Å². The van der Waals surface area contributed by atoms with Gasteiger partial charge in [0.25, 0.3) is 5.56 Å². The molecule has 1 atom stereocenters. The lowest BCUT2D eigenvalue weighted by molar-refractivity contribution is -0.119. The van der Waals surface area contributed by atoms with E-state index in [0.29, 0.717) is 17.3 Å². The van der Waals surface area contributed by atoms with Crippen LogP contribution in [0.25, 0.3) is 11.5 Å². The Morgan fingerprint density at radius 1 is 1.17 bits per heavy atom. The molecular weight excluding hydrogens is 386 g/mol. The molecule has 1 N–H and O–H groups in total. The number of aromatic nitrogens is 4. The maximum Gasteiger partial charge on any atom is 0.267 e. The van der Waals surface area contributed by atoms with Crippen molar-refractivity contribution in [3.63, 3.8) is 0 Å². The number of carbonyl (C=O) groups is 1. The van der Waals surface area contributed by atoms with Gasteiger partial charge in [0.05, 0.1) is 6.26 Å². The first-order valence-electron chi connectivity index (χ1n) is 9.71. The standard InChI is InChI=1S/C20H23N7O3/c1-14(27-19(28)6-5-15(24-27)16-4-3-11-30-16)20(29)23-17-12-18(22-13-21-17)26-9-7-25(2)8-10-26/h3-6,11-14H,7-10H2,1-2H3,(H,21,22,23,29). The molecule has 0 aromatic carbocycles. The largest absolute Gasteiger partial charge is 0.463 e. The molecule has 1 unspecified atom stereocenters. The molecule has 1 aliphatic rings. The number of amides is 1. The summed E-state index contributed by atoms with van der Waals surface area (Å²) in [5, 5.41) is 7.04. The Labute approximate surface area is 173 Å². The van der Waals surface area contributed by atoms with Crippen LogP contribution in [0.2, 0.25) is 0 Å². The molecule has 3 aromatic rings. The van der Waals surface area contributed by atoms with Gasteiger partial charge in [0.1, 0.15) is 29.7 Å². The minimum Gasteiger partial charge on any atom is -0.463 e. The second-order valence-corrected chi connectivity index (χ2v) is 7.20. The predicted molar refractivity (Wildman–Crippen MR) is 111 cm³/mol. The quantitative estimate of drug-likeness (QED) is 0.670. The summed E-state index contributed by atoms with van der Waals surface area (Å²) in [5.41, 5.74) is 0.0902. The summed E-state index contributed by atoms with van der Waals surface area (Å²) >= 11 is 0. The van der Waals surface area contributed by atoms with Crippen molar-refractivity contribution >= 4 is 17.5 Å². The molecule has 0 bridgehead atoms. The monoisotopic (exact) mass is 409 g/mol. The third-order valence-corrected chi connectivity index (χ3v) is 5.08. The van der Waals surface area contributed by atoms with E-state index >= 15 is 0 Å². The first-order valence-corrected chi connectivity index (χ1v) is 9.71. The maximum absolute atomic E-state index is 12.8. The fraction of sp³-hybridized carbons (Fsp3) is 0.350. The van der Waals surface area contributed by atoms with Crippen LogP contribution < -0.4 is 15.8 Å². The van der Waals surface area contributed by atoms with Crippen molar-refractivity contribution in [3.05, 3.63) is 53.3 Å². The highest BCUT2D eigenvalue weighted by molar-refractivity contribution is 5.92. The smallest absolute Gasteiger partial charge is 0.267 e. The summed E-state index contributed by atoms with van der Waals surface area (Å²) in [6.07, 6.45) is 2.95. The van der Waals surface area contributed by atoms with E-state index in [1.807, 2.05) is 0 Å². The van der Waals surface area contributed by atoms with Crippen LogP contribution in [0.1, 0.15) is 13.0 Å². The highest BCUT2D eigenvalue weighted by Gasteiger charge is 2.20. The Bertz CT molecular complexity index is 1070. The SMILES string of the molecule is CC(C(=O)Nc1cc(N2CCN(C)CC2)ncn1)n1nc(-c2ccco2)ccc1=O. The number of piperazine rings is 1. The summed E-state index contributed by atoms with van der Waals surface area (Å²) in [6.45, 7) is 5.22. The molecular formula is C20H23N7O3. The van der Waals surface area contributed by atoms with E-state index in [-0.39, 0.29) is 5.56 Å². The molecule has 156 valence electrons. The molecule has 0 aliphatic carbocycles. The normalized spacial score (nSPS) is 15.7. The van der Waals surface area contributed by atoms with Gasteiger partial charge in [-0.3, -0.25) is 9.59 Å². The molecule has 0 radical (unpaired) electrons. The Morgan fingerprint density at radius 3 is 2.70 bits per heavy atom. The Balaban J connectivity index is 1.50. The average Bonchev–Trinajstić information content (AvgIpc) is 3.29. The zero-order valence-electron chi connectivity index (χ0n) is 16.9. The summed E-state index contributed by atoms with van der Waals surface area (Å²) in [7, 11) is 2.08. The van der Waals surface area contributed by atoms with Gasteiger partial charge >= 0.3 is 0 Å². The Morgan fingerprint density at radius 2 is 1.97 bits per heavy atom. The van der Waals surface area contributed by atoms with E-state index in [4.69, 9.17) is 4.42 Å². The van der Waals surface area contributed by atoms with Crippen molar-refractivity contribution in [2.75, 3.05) is 43.4 Å². The van der Waals surface area contributed by atoms with Crippen LogP contribution in [-0.4, -0.2) is 63.8 Å². The molecule has 10 nitrogen and oxygen atoms in total. The van der Waals surface area contributed by atoms with Crippen molar-refractivity contribution in [2.24, 2.45) is 0 Å². The minimum atomic E-state index is -0.838. The van der Waals surface area contributed by atoms with Crippen molar-refractivity contribution in [3.8, 4) is 11.5 Å².